The lowest BCUT2D eigenvalue weighted by molar-refractivity contribution is -0.116. The normalized spacial score (nSPS) is 14.2. The SMILES string of the molecule is O=C(CCN1CCC(OC(=O)Nc2ccccc2-c2ccccc2)CC1)Nc1cc(CNCC(O)c2ccc(O)c3[nH]c(=O)ccc23)ccc1Cl. The predicted octanol–water partition coefficient (Wildman–Crippen LogP) is 6.42. The lowest BCUT2D eigenvalue weighted by Crippen LogP contribution is -2.39. The van der Waals surface area contributed by atoms with Gasteiger partial charge in [-0.15, -0.1) is 0 Å². The van der Waals surface area contributed by atoms with Crippen LogP contribution in [0.1, 0.15) is 36.5 Å². The van der Waals surface area contributed by atoms with Gasteiger partial charge in [-0.05, 0) is 59.9 Å². The molecule has 0 bridgehead atoms. The van der Waals surface area contributed by atoms with E-state index >= 15 is 0 Å². The van der Waals surface area contributed by atoms with Crippen molar-refractivity contribution in [3.63, 3.8) is 0 Å². The number of aromatic amines is 1. The average Bonchev–Trinajstić information content (AvgIpc) is 3.13. The number of hydrogen-bond acceptors (Lipinski definition) is 8. The van der Waals surface area contributed by atoms with Crippen LogP contribution in [0.5, 0.6) is 5.75 Å². The molecule has 2 heterocycles. The number of aliphatic hydroxyl groups excluding tert-OH is 1. The van der Waals surface area contributed by atoms with E-state index in [1.54, 1.807) is 24.3 Å². The summed E-state index contributed by atoms with van der Waals surface area (Å²) in [5.74, 6) is -0.232. The summed E-state index contributed by atoms with van der Waals surface area (Å²) in [6.07, 6.45) is 0.0362. The van der Waals surface area contributed by atoms with Crippen LogP contribution in [0.25, 0.3) is 22.0 Å². The number of benzene rings is 4. The van der Waals surface area contributed by atoms with Gasteiger partial charge in [0.05, 0.1) is 28.0 Å². The molecule has 2 amide bonds. The van der Waals surface area contributed by atoms with Crippen molar-refractivity contribution in [2.75, 3.05) is 36.8 Å². The highest BCUT2D eigenvalue weighted by Crippen LogP contribution is 2.30. The Morgan fingerprint density at radius 3 is 2.49 bits per heavy atom. The number of halogens is 1. The van der Waals surface area contributed by atoms with E-state index in [-0.39, 0.29) is 41.8 Å². The van der Waals surface area contributed by atoms with Crippen LogP contribution in [0.15, 0.2) is 102 Å². The van der Waals surface area contributed by atoms with Crippen LogP contribution in [0.4, 0.5) is 16.2 Å². The first-order valence-electron chi connectivity index (χ1n) is 16.9. The van der Waals surface area contributed by atoms with Crippen LogP contribution in [0.2, 0.25) is 5.02 Å². The molecule has 1 atom stereocenters. The number of nitrogens with one attached hydrogen (secondary N) is 4. The number of likely N-dealkylation sites (tertiary alicyclic amines) is 1. The molecule has 1 saturated heterocycles. The average molecular weight is 710 g/mol. The number of fused-ring (bicyclic) bond motifs is 1. The second kappa shape index (κ2) is 16.7. The van der Waals surface area contributed by atoms with Gasteiger partial charge in [0.15, 0.2) is 0 Å². The minimum Gasteiger partial charge on any atom is -0.506 e. The maximum Gasteiger partial charge on any atom is 0.411 e. The van der Waals surface area contributed by atoms with Crippen molar-refractivity contribution in [2.24, 2.45) is 0 Å². The molecule has 0 spiro atoms. The molecule has 1 aliphatic rings. The molecule has 1 aromatic heterocycles. The quantitative estimate of drug-likeness (QED) is 0.0867. The number of aromatic hydroxyl groups is 1. The molecule has 0 aliphatic carbocycles. The zero-order valence-electron chi connectivity index (χ0n) is 27.9. The van der Waals surface area contributed by atoms with E-state index in [2.05, 4.69) is 25.8 Å². The Bertz CT molecular complexity index is 2050. The molecular weight excluding hydrogens is 670 g/mol. The van der Waals surface area contributed by atoms with Gasteiger partial charge >= 0.3 is 6.09 Å². The van der Waals surface area contributed by atoms with Crippen molar-refractivity contribution in [3.8, 4) is 16.9 Å². The largest absolute Gasteiger partial charge is 0.506 e. The summed E-state index contributed by atoms with van der Waals surface area (Å²) in [5, 5.41) is 31.0. The number of piperidine rings is 1. The smallest absolute Gasteiger partial charge is 0.411 e. The highest BCUT2D eigenvalue weighted by molar-refractivity contribution is 6.33. The maximum atomic E-state index is 12.9. The third-order valence-electron chi connectivity index (χ3n) is 8.95. The zero-order valence-corrected chi connectivity index (χ0v) is 28.7. The number of ether oxygens (including phenoxy) is 1. The Morgan fingerprint density at radius 1 is 0.922 bits per heavy atom. The number of pyridine rings is 1. The maximum absolute atomic E-state index is 12.9. The number of anilines is 2. The number of carbonyl (C=O) groups is 2. The number of H-pyrrole nitrogens is 1. The van der Waals surface area contributed by atoms with Gasteiger partial charge in [-0.1, -0.05) is 72.3 Å². The number of amides is 2. The van der Waals surface area contributed by atoms with E-state index in [4.69, 9.17) is 16.3 Å². The zero-order chi connectivity index (χ0) is 35.7. The number of carbonyl (C=O) groups excluding carboxylic acids is 2. The fourth-order valence-corrected chi connectivity index (χ4v) is 6.43. The number of aliphatic hydroxyl groups is 1. The highest BCUT2D eigenvalue weighted by atomic mass is 35.5. The van der Waals surface area contributed by atoms with Crippen molar-refractivity contribution in [1.82, 2.24) is 15.2 Å². The summed E-state index contributed by atoms with van der Waals surface area (Å²) in [4.78, 5) is 42.1. The molecule has 0 saturated carbocycles. The van der Waals surface area contributed by atoms with E-state index in [1.165, 1.54) is 12.1 Å². The predicted molar refractivity (Wildman–Crippen MR) is 199 cm³/mol. The molecule has 1 unspecified atom stereocenters. The topological polar surface area (TPSA) is 156 Å². The first kappa shape index (κ1) is 35.6. The van der Waals surface area contributed by atoms with Crippen LogP contribution in [-0.2, 0) is 16.1 Å². The van der Waals surface area contributed by atoms with Gasteiger partial charge in [0.1, 0.15) is 11.9 Å². The van der Waals surface area contributed by atoms with E-state index in [0.29, 0.717) is 66.4 Å². The molecular formula is C39H40ClN5O6. The van der Waals surface area contributed by atoms with Crippen LogP contribution in [0.3, 0.4) is 0 Å². The van der Waals surface area contributed by atoms with Gasteiger partial charge in [-0.3, -0.25) is 14.9 Å². The summed E-state index contributed by atoms with van der Waals surface area (Å²) in [6, 6.07) is 28.8. The monoisotopic (exact) mass is 709 g/mol. The Labute approximate surface area is 300 Å². The first-order chi connectivity index (χ1) is 24.7. The van der Waals surface area contributed by atoms with Crippen LogP contribution in [-0.4, -0.2) is 64.4 Å². The molecule has 51 heavy (non-hydrogen) atoms. The minimum absolute atomic E-state index is 0.0692. The molecule has 6 rings (SSSR count). The standard InChI is InChI=1S/C39H40ClN5O6/c40-31-13-10-25(23-41-24-35(47)29-11-14-34(46)38-30(29)12-15-36(48)44-38)22-33(31)42-37(49)18-21-45-19-16-27(17-20-45)51-39(50)43-32-9-5-4-8-28(32)26-6-2-1-3-7-26/h1-15,22,27,35,41,46-47H,16-21,23-24H2,(H,42,49)(H,43,50)(H,44,48). The van der Waals surface area contributed by atoms with Gasteiger partial charge in [0, 0.05) is 56.2 Å². The highest BCUT2D eigenvalue weighted by Gasteiger charge is 2.23. The number of para-hydroxylation sites is 1. The second-order valence-corrected chi connectivity index (χ2v) is 12.9. The van der Waals surface area contributed by atoms with Crippen molar-refractivity contribution in [2.45, 2.75) is 38.0 Å². The van der Waals surface area contributed by atoms with Crippen LogP contribution < -0.4 is 21.5 Å². The van der Waals surface area contributed by atoms with Crippen molar-refractivity contribution < 1.29 is 24.5 Å². The summed E-state index contributed by atoms with van der Waals surface area (Å²) >= 11 is 6.40. The Morgan fingerprint density at radius 2 is 1.69 bits per heavy atom. The first-order valence-corrected chi connectivity index (χ1v) is 17.3. The third-order valence-corrected chi connectivity index (χ3v) is 9.28. The molecule has 1 fully saturated rings. The number of phenols is 1. The summed E-state index contributed by atoms with van der Waals surface area (Å²) in [7, 11) is 0. The molecule has 5 aromatic rings. The van der Waals surface area contributed by atoms with Gasteiger partial charge < -0.3 is 35.5 Å². The molecule has 0 radical (unpaired) electrons. The number of phenolic OH excluding ortho intramolecular Hbond substituents is 1. The van der Waals surface area contributed by atoms with Gasteiger partial charge in [0.25, 0.3) is 0 Å². The third kappa shape index (κ3) is 9.33. The van der Waals surface area contributed by atoms with E-state index in [0.717, 1.165) is 16.7 Å². The number of hydrogen-bond donors (Lipinski definition) is 6. The van der Waals surface area contributed by atoms with Gasteiger partial charge in [-0.2, -0.15) is 0 Å². The van der Waals surface area contributed by atoms with Crippen molar-refractivity contribution in [3.05, 3.63) is 124 Å². The van der Waals surface area contributed by atoms with Crippen molar-refractivity contribution >= 4 is 45.9 Å². The van der Waals surface area contributed by atoms with E-state index < -0.39 is 12.2 Å². The van der Waals surface area contributed by atoms with Gasteiger partial charge in [0.2, 0.25) is 11.5 Å². The second-order valence-electron chi connectivity index (χ2n) is 12.5. The lowest BCUT2D eigenvalue weighted by Gasteiger charge is -2.31. The van der Waals surface area contributed by atoms with Crippen LogP contribution >= 0.6 is 11.6 Å². The minimum atomic E-state index is -0.901. The van der Waals surface area contributed by atoms with Gasteiger partial charge in [-0.25, -0.2) is 4.79 Å². The molecule has 12 heteroatoms. The Kier molecular flexibility index (Phi) is 11.6. The molecule has 6 N–H and O–H groups in total. The Balaban J connectivity index is 0.927. The number of aromatic nitrogens is 1. The lowest BCUT2D eigenvalue weighted by atomic mass is 10.0. The fourth-order valence-electron chi connectivity index (χ4n) is 6.27. The van der Waals surface area contributed by atoms with Crippen LogP contribution in [0, 0.1) is 0 Å². The molecule has 1 aliphatic heterocycles. The van der Waals surface area contributed by atoms with E-state index in [9.17, 15) is 24.6 Å². The summed E-state index contributed by atoms with van der Waals surface area (Å²) in [6.45, 7) is 2.58. The number of nitrogens with zero attached hydrogens (tertiary/aromatic N) is 1. The summed E-state index contributed by atoms with van der Waals surface area (Å²) < 4.78 is 5.74. The van der Waals surface area contributed by atoms with E-state index in [1.807, 2.05) is 60.7 Å². The van der Waals surface area contributed by atoms with Crippen molar-refractivity contribution in [1.29, 1.82) is 0 Å². The fraction of sp³-hybridized carbons (Fsp3) is 0.256. The molecule has 11 nitrogen and oxygen atoms in total. The molecule has 264 valence electrons. The Hall–Kier alpha value is -5.20. The molecule has 4 aromatic carbocycles. The summed E-state index contributed by atoms with van der Waals surface area (Å²) in [5.41, 5.74) is 4.48. The number of rotatable bonds is 12.